The molecular weight excluding hydrogens is 288 g/mol. The van der Waals surface area contributed by atoms with Crippen LogP contribution in [0.25, 0.3) is 6.08 Å². The molecule has 0 spiro atoms. The largest absolute Gasteiger partial charge is 0.192 e. The number of nitriles is 2. The van der Waals surface area contributed by atoms with Crippen LogP contribution in [0.1, 0.15) is 5.56 Å². The van der Waals surface area contributed by atoms with Crippen molar-refractivity contribution < 1.29 is 0 Å². The van der Waals surface area contributed by atoms with E-state index in [0.29, 0.717) is 5.02 Å². The van der Waals surface area contributed by atoms with Crippen LogP contribution in [0.5, 0.6) is 0 Å². The molecule has 0 radical (unpaired) electrons. The summed E-state index contributed by atoms with van der Waals surface area (Å²) < 4.78 is 0. The van der Waals surface area contributed by atoms with E-state index in [0.717, 1.165) is 15.4 Å². The summed E-state index contributed by atoms with van der Waals surface area (Å²) in [5.74, 6) is 0. The van der Waals surface area contributed by atoms with Gasteiger partial charge in [-0.05, 0) is 29.8 Å². The Morgan fingerprint density at radius 3 is 2.20 bits per heavy atom. The zero-order valence-corrected chi connectivity index (χ0v) is 11.9. The molecule has 0 atom stereocenters. The van der Waals surface area contributed by atoms with Gasteiger partial charge in [-0.2, -0.15) is 10.5 Å². The average molecular weight is 297 g/mol. The van der Waals surface area contributed by atoms with Gasteiger partial charge in [-0.3, -0.25) is 0 Å². The third-order valence-electron chi connectivity index (χ3n) is 2.52. The first-order valence-corrected chi connectivity index (χ1v) is 6.97. The van der Waals surface area contributed by atoms with Crippen molar-refractivity contribution in [3.63, 3.8) is 0 Å². The number of halogens is 1. The summed E-state index contributed by atoms with van der Waals surface area (Å²) >= 11 is 7.65. The van der Waals surface area contributed by atoms with E-state index in [1.807, 2.05) is 60.7 Å². The van der Waals surface area contributed by atoms with Crippen molar-refractivity contribution >= 4 is 29.4 Å². The highest BCUT2D eigenvalue weighted by Crippen LogP contribution is 2.35. The fourth-order valence-corrected chi connectivity index (χ4v) is 2.78. The van der Waals surface area contributed by atoms with E-state index >= 15 is 0 Å². The summed E-state index contributed by atoms with van der Waals surface area (Å²) in [6.45, 7) is 0. The van der Waals surface area contributed by atoms with Gasteiger partial charge in [0.2, 0.25) is 0 Å². The molecule has 2 rings (SSSR count). The van der Waals surface area contributed by atoms with E-state index in [1.54, 1.807) is 6.08 Å². The van der Waals surface area contributed by atoms with Crippen LogP contribution in [-0.2, 0) is 0 Å². The maximum Gasteiger partial charge on any atom is 0.130 e. The minimum absolute atomic E-state index is 0.0807. The van der Waals surface area contributed by atoms with Crippen LogP contribution in [0.2, 0.25) is 5.02 Å². The lowest BCUT2D eigenvalue weighted by Crippen LogP contribution is -1.82. The zero-order chi connectivity index (χ0) is 14.4. The summed E-state index contributed by atoms with van der Waals surface area (Å²) in [4.78, 5) is 1.88. The quantitative estimate of drug-likeness (QED) is 0.755. The number of hydrogen-bond donors (Lipinski definition) is 0. The topological polar surface area (TPSA) is 47.6 Å². The first-order valence-electron chi connectivity index (χ1n) is 5.78. The number of allylic oxidation sites excluding steroid dienone is 1. The second-order valence-electron chi connectivity index (χ2n) is 3.85. The third-order valence-corrected chi connectivity index (χ3v) is 4.13. The van der Waals surface area contributed by atoms with E-state index in [-0.39, 0.29) is 5.57 Å². The van der Waals surface area contributed by atoms with E-state index in [2.05, 4.69) is 0 Å². The lowest BCUT2D eigenvalue weighted by Gasteiger charge is -2.07. The van der Waals surface area contributed by atoms with Crippen molar-refractivity contribution in [1.82, 2.24) is 0 Å². The zero-order valence-electron chi connectivity index (χ0n) is 10.4. The summed E-state index contributed by atoms with van der Waals surface area (Å²) in [5, 5.41) is 18.4. The van der Waals surface area contributed by atoms with Crippen molar-refractivity contribution in [1.29, 1.82) is 10.5 Å². The van der Waals surface area contributed by atoms with Gasteiger partial charge in [0.25, 0.3) is 0 Å². The number of hydrogen-bond acceptors (Lipinski definition) is 3. The molecule has 0 fully saturated rings. The van der Waals surface area contributed by atoms with Crippen molar-refractivity contribution in [2.75, 3.05) is 0 Å². The second kappa shape index (κ2) is 6.82. The molecule has 0 aliphatic rings. The molecule has 0 aromatic heterocycles. The molecule has 2 aromatic carbocycles. The maximum atomic E-state index is 8.84. The van der Waals surface area contributed by atoms with E-state index < -0.39 is 0 Å². The summed E-state index contributed by atoms with van der Waals surface area (Å²) in [6.07, 6.45) is 1.58. The van der Waals surface area contributed by atoms with Gasteiger partial charge in [0.1, 0.15) is 17.7 Å². The normalized spacial score (nSPS) is 9.35. The van der Waals surface area contributed by atoms with Crippen LogP contribution in [0.15, 0.2) is 63.9 Å². The molecule has 0 unspecified atom stereocenters. The summed E-state index contributed by atoms with van der Waals surface area (Å²) in [5.41, 5.74) is 0.910. The predicted molar refractivity (Wildman–Crippen MR) is 81.2 cm³/mol. The third kappa shape index (κ3) is 3.42. The highest BCUT2D eigenvalue weighted by atomic mass is 35.5. The fraction of sp³-hybridized carbons (Fsp3) is 0. The van der Waals surface area contributed by atoms with E-state index in [9.17, 15) is 0 Å². The number of benzene rings is 2. The molecule has 2 aromatic rings. The van der Waals surface area contributed by atoms with Crippen molar-refractivity contribution in [3.05, 3.63) is 64.7 Å². The number of rotatable bonds is 3. The molecular formula is C16H9ClN2S. The van der Waals surface area contributed by atoms with Gasteiger partial charge in [0.15, 0.2) is 0 Å². The van der Waals surface area contributed by atoms with Crippen LogP contribution < -0.4 is 0 Å². The highest BCUT2D eigenvalue weighted by molar-refractivity contribution is 7.99. The maximum absolute atomic E-state index is 8.84. The van der Waals surface area contributed by atoms with Crippen molar-refractivity contribution in [3.8, 4) is 12.1 Å². The Balaban J connectivity index is 2.40. The molecule has 0 saturated heterocycles. The molecule has 20 heavy (non-hydrogen) atoms. The van der Waals surface area contributed by atoms with Gasteiger partial charge in [-0.25, -0.2) is 0 Å². The first kappa shape index (κ1) is 14.2. The molecule has 96 valence electrons. The molecule has 0 heterocycles. The van der Waals surface area contributed by atoms with Crippen LogP contribution in [0, 0.1) is 22.7 Å². The summed E-state index contributed by atoms with van der Waals surface area (Å²) in [7, 11) is 0. The van der Waals surface area contributed by atoms with E-state index in [1.165, 1.54) is 11.8 Å². The van der Waals surface area contributed by atoms with Gasteiger partial charge in [-0.15, -0.1) is 0 Å². The Morgan fingerprint density at radius 1 is 0.950 bits per heavy atom. The van der Waals surface area contributed by atoms with E-state index in [4.69, 9.17) is 22.1 Å². The fourth-order valence-electron chi connectivity index (χ4n) is 1.58. The van der Waals surface area contributed by atoms with Gasteiger partial charge in [0.05, 0.1) is 5.02 Å². The Hall–Kier alpha value is -2.20. The van der Waals surface area contributed by atoms with Gasteiger partial charge in [0, 0.05) is 9.79 Å². The standard InChI is InChI=1S/C16H9ClN2S/c17-14-6-2-4-8-16(14)20-15-7-3-1-5-13(15)9-12(10-18)11-19/h1-9H. The molecule has 0 bridgehead atoms. The Bertz CT molecular complexity index is 723. The smallest absolute Gasteiger partial charge is 0.130 e. The molecule has 0 saturated carbocycles. The van der Waals surface area contributed by atoms with Gasteiger partial charge < -0.3 is 0 Å². The van der Waals surface area contributed by atoms with Crippen molar-refractivity contribution in [2.45, 2.75) is 9.79 Å². The van der Waals surface area contributed by atoms with Gasteiger partial charge >= 0.3 is 0 Å². The Kier molecular flexibility index (Phi) is 4.85. The molecule has 0 aliphatic carbocycles. The van der Waals surface area contributed by atoms with Crippen LogP contribution in [-0.4, -0.2) is 0 Å². The first-order chi connectivity index (χ1) is 9.74. The summed E-state index contributed by atoms with van der Waals surface area (Å²) in [6, 6.07) is 18.9. The van der Waals surface area contributed by atoms with Crippen LogP contribution >= 0.6 is 23.4 Å². The van der Waals surface area contributed by atoms with Crippen LogP contribution in [0.3, 0.4) is 0 Å². The monoisotopic (exact) mass is 296 g/mol. The molecule has 2 nitrogen and oxygen atoms in total. The van der Waals surface area contributed by atoms with Crippen molar-refractivity contribution in [2.24, 2.45) is 0 Å². The lowest BCUT2D eigenvalue weighted by atomic mass is 10.1. The minimum atomic E-state index is 0.0807. The SMILES string of the molecule is N#CC(C#N)=Cc1ccccc1Sc1ccccc1Cl. The van der Waals surface area contributed by atoms with Crippen LogP contribution in [0.4, 0.5) is 0 Å². The Morgan fingerprint density at radius 2 is 1.55 bits per heavy atom. The predicted octanol–water partition coefficient (Wildman–Crippen LogP) is 4.92. The second-order valence-corrected chi connectivity index (χ2v) is 5.34. The molecule has 0 N–H and O–H groups in total. The molecule has 0 amide bonds. The Labute approximate surface area is 126 Å². The molecule has 4 heteroatoms. The highest BCUT2D eigenvalue weighted by Gasteiger charge is 2.06. The molecule has 0 aliphatic heterocycles. The van der Waals surface area contributed by atoms with Gasteiger partial charge in [-0.1, -0.05) is 53.7 Å². The number of nitrogens with zero attached hydrogens (tertiary/aromatic N) is 2. The lowest BCUT2D eigenvalue weighted by molar-refractivity contribution is 1.38. The minimum Gasteiger partial charge on any atom is -0.192 e. The average Bonchev–Trinajstić information content (AvgIpc) is 2.48.